The van der Waals surface area contributed by atoms with Crippen molar-refractivity contribution in [3.05, 3.63) is 35.9 Å². The molecule has 5 heteroatoms. The SMILES string of the molecule is C[N+]1(C)[C@H]2CC(OC(=O)[C@H](CO)c3ccccc3)C[C@H]1[C@H]1O[C@@H]12. The third kappa shape index (κ3) is 2.38. The van der Waals surface area contributed by atoms with E-state index in [0.717, 1.165) is 22.9 Å². The van der Waals surface area contributed by atoms with Crippen molar-refractivity contribution < 1.29 is 23.9 Å². The van der Waals surface area contributed by atoms with Crippen LogP contribution in [0.5, 0.6) is 0 Å². The lowest BCUT2D eigenvalue weighted by molar-refractivity contribution is -0.938. The first-order valence-electron chi connectivity index (χ1n) is 8.37. The molecule has 3 aliphatic rings. The maximum Gasteiger partial charge on any atom is 0.316 e. The molecule has 2 bridgehead atoms. The summed E-state index contributed by atoms with van der Waals surface area (Å²) in [6.45, 7) is -0.224. The van der Waals surface area contributed by atoms with E-state index in [0.29, 0.717) is 24.3 Å². The number of rotatable bonds is 4. The number of esters is 1. The van der Waals surface area contributed by atoms with Crippen LogP contribution in [0.4, 0.5) is 0 Å². The highest BCUT2D eigenvalue weighted by Gasteiger charge is 2.70. The van der Waals surface area contributed by atoms with E-state index in [-0.39, 0.29) is 18.7 Å². The van der Waals surface area contributed by atoms with Crippen LogP contribution in [0.1, 0.15) is 24.3 Å². The molecule has 3 aliphatic heterocycles. The summed E-state index contributed by atoms with van der Waals surface area (Å²) < 4.78 is 12.5. The van der Waals surface area contributed by atoms with Gasteiger partial charge in [0, 0.05) is 12.8 Å². The number of epoxide rings is 1. The molecule has 0 saturated carbocycles. The van der Waals surface area contributed by atoms with Crippen LogP contribution < -0.4 is 0 Å². The Balaban J connectivity index is 1.44. The van der Waals surface area contributed by atoms with Gasteiger partial charge < -0.3 is 19.1 Å². The molecule has 5 atom stereocenters. The molecule has 1 aromatic carbocycles. The fourth-order valence-corrected chi connectivity index (χ4v) is 4.55. The fraction of sp³-hybridized carbons (Fsp3) is 0.611. The summed E-state index contributed by atoms with van der Waals surface area (Å²) in [6, 6.07) is 10.2. The van der Waals surface area contributed by atoms with Crippen LogP contribution in [0.15, 0.2) is 30.3 Å². The van der Waals surface area contributed by atoms with Gasteiger partial charge in [-0.05, 0) is 5.56 Å². The molecule has 0 spiro atoms. The van der Waals surface area contributed by atoms with Crippen LogP contribution in [-0.4, -0.2) is 66.7 Å². The third-order valence-electron chi connectivity index (χ3n) is 5.99. The first-order valence-corrected chi connectivity index (χ1v) is 8.37. The number of likely N-dealkylation sites (N-methyl/N-ethyl adjacent to an activating group) is 1. The van der Waals surface area contributed by atoms with Crippen molar-refractivity contribution in [3.8, 4) is 0 Å². The van der Waals surface area contributed by atoms with Gasteiger partial charge in [0.15, 0.2) is 0 Å². The molecular formula is C18H24NO4+. The molecule has 1 N–H and O–H groups in total. The van der Waals surface area contributed by atoms with E-state index in [9.17, 15) is 9.90 Å². The number of ether oxygens (including phenoxy) is 2. The number of aliphatic hydroxyl groups is 1. The summed E-state index contributed by atoms with van der Waals surface area (Å²) in [5.74, 6) is -0.908. The molecule has 23 heavy (non-hydrogen) atoms. The van der Waals surface area contributed by atoms with Crippen molar-refractivity contribution in [3.63, 3.8) is 0 Å². The molecule has 0 radical (unpaired) electrons. The third-order valence-corrected chi connectivity index (χ3v) is 5.99. The van der Waals surface area contributed by atoms with E-state index in [1.54, 1.807) is 0 Å². The standard InChI is InChI=1S/C18H24NO4/c1-19(2)14-8-12(9-15(19)17-16(14)23-17)22-18(21)13(10-20)11-6-4-3-5-7-11/h3-7,12-17,20H,8-10H2,1-2H3/q+1/t13-,14+,15+,16-,17-/m1/s1. The molecule has 1 aromatic rings. The van der Waals surface area contributed by atoms with Gasteiger partial charge in [0.1, 0.15) is 36.3 Å². The Morgan fingerprint density at radius 2 is 1.87 bits per heavy atom. The lowest BCUT2D eigenvalue weighted by Gasteiger charge is -2.45. The van der Waals surface area contributed by atoms with Gasteiger partial charge in [-0.3, -0.25) is 4.79 Å². The lowest BCUT2D eigenvalue weighted by Crippen LogP contribution is -2.60. The number of aliphatic hydroxyl groups excluding tert-OH is 1. The second-order valence-corrected chi connectivity index (χ2v) is 7.51. The number of morpholine rings is 1. The molecule has 5 nitrogen and oxygen atoms in total. The number of piperidine rings is 1. The Morgan fingerprint density at radius 1 is 1.26 bits per heavy atom. The van der Waals surface area contributed by atoms with E-state index >= 15 is 0 Å². The average Bonchev–Trinajstić information content (AvgIpc) is 3.27. The van der Waals surface area contributed by atoms with Crippen molar-refractivity contribution in [2.24, 2.45) is 0 Å². The second-order valence-electron chi connectivity index (χ2n) is 7.51. The number of nitrogens with zero attached hydrogens (tertiary/aromatic N) is 1. The van der Waals surface area contributed by atoms with E-state index in [2.05, 4.69) is 14.1 Å². The van der Waals surface area contributed by atoms with E-state index in [4.69, 9.17) is 9.47 Å². The lowest BCUT2D eigenvalue weighted by atomic mass is 9.95. The smallest absolute Gasteiger partial charge is 0.316 e. The summed E-state index contributed by atoms with van der Waals surface area (Å²) in [6.07, 6.45) is 2.34. The Labute approximate surface area is 136 Å². The monoisotopic (exact) mass is 318 g/mol. The predicted molar refractivity (Wildman–Crippen MR) is 83.7 cm³/mol. The summed E-state index contributed by atoms with van der Waals surface area (Å²) in [4.78, 5) is 12.5. The Hall–Kier alpha value is -1.43. The molecule has 0 unspecified atom stereocenters. The first kappa shape index (κ1) is 15.1. The Bertz CT molecular complexity index is 582. The van der Waals surface area contributed by atoms with Gasteiger partial charge in [0.25, 0.3) is 0 Å². The minimum absolute atomic E-state index is 0.0576. The molecule has 0 aliphatic carbocycles. The highest BCUT2D eigenvalue weighted by atomic mass is 16.6. The second kappa shape index (κ2) is 5.30. The van der Waals surface area contributed by atoms with Gasteiger partial charge in [-0.25, -0.2) is 0 Å². The van der Waals surface area contributed by atoms with Crippen LogP contribution in [0.3, 0.4) is 0 Å². The number of carbonyl (C=O) groups is 1. The molecule has 0 aromatic heterocycles. The van der Waals surface area contributed by atoms with Crippen LogP contribution in [-0.2, 0) is 14.3 Å². The number of hydrogen-bond donors (Lipinski definition) is 1. The van der Waals surface area contributed by atoms with Gasteiger partial charge >= 0.3 is 5.97 Å². The summed E-state index contributed by atoms with van der Waals surface area (Å²) in [5.41, 5.74) is 0.807. The number of fused-ring (bicyclic) bond motifs is 5. The van der Waals surface area contributed by atoms with Gasteiger partial charge in [-0.15, -0.1) is 0 Å². The quantitative estimate of drug-likeness (QED) is 0.512. The number of benzene rings is 1. The highest BCUT2D eigenvalue weighted by molar-refractivity contribution is 5.78. The van der Waals surface area contributed by atoms with Crippen molar-refractivity contribution in [2.75, 3.05) is 20.7 Å². The molecule has 124 valence electrons. The van der Waals surface area contributed by atoms with Crippen molar-refractivity contribution in [1.29, 1.82) is 0 Å². The number of quaternary nitrogens is 1. The van der Waals surface area contributed by atoms with Crippen molar-refractivity contribution in [2.45, 2.75) is 49.2 Å². The summed E-state index contributed by atoms with van der Waals surface area (Å²) in [5, 5.41) is 9.60. The van der Waals surface area contributed by atoms with E-state index in [1.807, 2.05) is 30.3 Å². The van der Waals surface area contributed by atoms with Gasteiger partial charge in [-0.2, -0.15) is 0 Å². The van der Waals surface area contributed by atoms with Crippen molar-refractivity contribution >= 4 is 5.97 Å². The average molecular weight is 318 g/mol. The van der Waals surface area contributed by atoms with Crippen molar-refractivity contribution in [1.82, 2.24) is 0 Å². The molecule has 3 heterocycles. The predicted octanol–water partition coefficient (Wildman–Crippen LogP) is 1.06. The van der Waals surface area contributed by atoms with Gasteiger partial charge in [0.2, 0.25) is 0 Å². The van der Waals surface area contributed by atoms with Gasteiger partial charge in [0.05, 0.1) is 20.7 Å². The van der Waals surface area contributed by atoms with E-state index in [1.165, 1.54) is 0 Å². The maximum atomic E-state index is 12.5. The largest absolute Gasteiger partial charge is 0.461 e. The van der Waals surface area contributed by atoms with E-state index < -0.39 is 5.92 Å². The fourth-order valence-electron chi connectivity index (χ4n) is 4.55. The topological polar surface area (TPSA) is 59.1 Å². The normalized spacial score (nSPS) is 37.8. The Morgan fingerprint density at radius 3 is 2.43 bits per heavy atom. The summed E-state index contributed by atoms with van der Waals surface area (Å²) >= 11 is 0. The minimum atomic E-state index is -0.593. The van der Waals surface area contributed by atoms with Crippen LogP contribution in [0.2, 0.25) is 0 Å². The number of hydrogen-bond acceptors (Lipinski definition) is 4. The molecule has 0 amide bonds. The zero-order valence-corrected chi connectivity index (χ0v) is 13.6. The van der Waals surface area contributed by atoms with Crippen LogP contribution in [0, 0.1) is 0 Å². The minimum Gasteiger partial charge on any atom is -0.461 e. The molecular weight excluding hydrogens is 294 g/mol. The van der Waals surface area contributed by atoms with Crippen LogP contribution in [0.25, 0.3) is 0 Å². The summed E-state index contributed by atoms with van der Waals surface area (Å²) in [7, 11) is 4.51. The molecule has 4 rings (SSSR count). The molecule has 3 saturated heterocycles. The number of carbonyl (C=O) groups excluding carboxylic acids is 1. The van der Waals surface area contributed by atoms with Crippen LogP contribution >= 0.6 is 0 Å². The highest BCUT2D eigenvalue weighted by Crippen LogP contribution is 2.51. The van der Waals surface area contributed by atoms with Gasteiger partial charge in [-0.1, -0.05) is 30.3 Å². The first-order chi connectivity index (χ1) is 11.0. The zero-order valence-electron chi connectivity index (χ0n) is 13.6. The maximum absolute atomic E-state index is 12.5. The zero-order chi connectivity index (χ0) is 16.2. The Kier molecular flexibility index (Phi) is 3.48. The molecule has 3 fully saturated rings.